The molecule has 156 valence electrons. The van der Waals surface area contributed by atoms with Crippen molar-refractivity contribution >= 4 is 17.6 Å². The Bertz CT molecular complexity index is 1060. The third kappa shape index (κ3) is 5.02. The average Bonchev–Trinajstić information content (AvgIpc) is 3.05. The molecule has 0 aliphatic heterocycles. The van der Waals surface area contributed by atoms with Crippen molar-refractivity contribution < 1.29 is 28.0 Å². The number of hydrogen-bond donors (Lipinski definition) is 1. The quantitative estimate of drug-likeness (QED) is 0.587. The van der Waals surface area contributed by atoms with Gasteiger partial charge in [0, 0.05) is 5.69 Å². The van der Waals surface area contributed by atoms with Gasteiger partial charge in [0.25, 0.3) is 5.91 Å². The van der Waals surface area contributed by atoms with Crippen molar-refractivity contribution in [2.45, 2.75) is 27.4 Å². The Morgan fingerprint density at radius 2 is 1.90 bits per heavy atom. The summed E-state index contributed by atoms with van der Waals surface area (Å²) in [6.45, 7) is 4.84. The fourth-order valence-electron chi connectivity index (χ4n) is 2.70. The van der Waals surface area contributed by atoms with Crippen molar-refractivity contribution in [1.82, 2.24) is 5.16 Å². The number of esters is 1. The second-order valence-corrected chi connectivity index (χ2v) is 6.68. The number of nitrogens with one attached hydrogen (secondary N) is 1. The summed E-state index contributed by atoms with van der Waals surface area (Å²) in [6.07, 6.45) is 0. The molecule has 1 aromatic heterocycles. The summed E-state index contributed by atoms with van der Waals surface area (Å²) >= 11 is 0. The summed E-state index contributed by atoms with van der Waals surface area (Å²) in [5.74, 6) is -0.787. The van der Waals surface area contributed by atoms with Crippen LogP contribution >= 0.6 is 0 Å². The fraction of sp³-hybridized carbons (Fsp3) is 0.227. The molecule has 3 rings (SSSR count). The number of nitrogens with zero attached hydrogens (tertiary/aromatic N) is 1. The predicted molar refractivity (Wildman–Crippen MR) is 107 cm³/mol. The topological polar surface area (TPSA) is 90.7 Å². The van der Waals surface area contributed by atoms with E-state index in [1.54, 1.807) is 51.1 Å². The maximum atomic E-state index is 13.6. The van der Waals surface area contributed by atoms with Crippen molar-refractivity contribution in [3.63, 3.8) is 0 Å². The Hall–Kier alpha value is -3.68. The van der Waals surface area contributed by atoms with Crippen LogP contribution in [-0.2, 0) is 16.1 Å². The van der Waals surface area contributed by atoms with Gasteiger partial charge in [-0.15, -0.1) is 0 Å². The third-order valence-electron chi connectivity index (χ3n) is 4.45. The van der Waals surface area contributed by atoms with Crippen LogP contribution in [0.15, 0.2) is 47.0 Å². The molecule has 1 N–H and O–H groups in total. The molecule has 0 atom stereocenters. The molecule has 0 saturated carbocycles. The first kappa shape index (κ1) is 21.0. The first-order valence-electron chi connectivity index (χ1n) is 9.22. The molecule has 0 fully saturated rings. The number of para-hydroxylation sites is 1. The molecule has 0 unspecified atom stereocenters. The summed E-state index contributed by atoms with van der Waals surface area (Å²) in [5.41, 5.74) is 2.42. The number of benzene rings is 2. The number of anilines is 1. The van der Waals surface area contributed by atoms with Crippen molar-refractivity contribution in [3.8, 4) is 5.75 Å². The molecule has 8 heteroatoms. The third-order valence-corrected chi connectivity index (χ3v) is 4.45. The van der Waals surface area contributed by atoms with Crippen molar-refractivity contribution in [2.75, 3.05) is 11.9 Å². The van der Waals surface area contributed by atoms with Crippen molar-refractivity contribution in [3.05, 3.63) is 76.4 Å². The van der Waals surface area contributed by atoms with Gasteiger partial charge in [-0.3, -0.25) is 4.79 Å². The highest BCUT2D eigenvalue weighted by Crippen LogP contribution is 2.22. The normalized spacial score (nSPS) is 10.5. The number of aryl methyl sites for hydroxylation is 3. The Morgan fingerprint density at radius 3 is 2.60 bits per heavy atom. The SMILES string of the molecule is Cc1ccc(NC(=O)COC(=O)c2ccccc2OCc2c(C)noc2C)cc1F. The van der Waals surface area contributed by atoms with Gasteiger partial charge in [-0.1, -0.05) is 23.4 Å². The van der Waals surface area contributed by atoms with Crippen LogP contribution in [0.5, 0.6) is 5.75 Å². The zero-order valence-electron chi connectivity index (χ0n) is 16.8. The molecule has 0 aliphatic rings. The molecule has 30 heavy (non-hydrogen) atoms. The molecule has 0 aliphatic carbocycles. The smallest absolute Gasteiger partial charge is 0.342 e. The van der Waals surface area contributed by atoms with Crippen LogP contribution in [0.25, 0.3) is 0 Å². The summed E-state index contributed by atoms with van der Waals surface area (Å²) in [4.78, 5) is 24.5. The zero-order valence-corrected chi connectivity index (χ0v) is 16.8. The Kier molecular flexibility index (Phi) is 6.46. The van der Waals surface area contributed by atoms with E-state index in [4.69, 9.17) is 14.0 Å². The average molecular weight is 412 g/mol. The Balaban J connectivity index is 1.60. The van der Waals surface area contributed by atoms with E-state index in [0.29, 0.717) is 22.8 Å². The largest absolute Gasteiger partial charge is 0.488 e. The number of hydrogen-bond acceptors (Lipinski definition) is 6. The van der Waals surface area contributed by atoms with Gasteiger partial charge in [-0.05, 0) is 50.6 Å². The van der Waals surface area contributed by atoms with Crippen LogP contribution in [0.1, 0.15) is 32.9 Å². The molecule has 0 bridgehead atoms. The molecular weight excluding hydrogens is 391 g/mol. The van der Waals surface area contributed by atoms with E-state index in [-0.39, 0.29) is 17.9 Å². The molecule has 3 aromatic rings. The maximum absolute atomic E-state index is 13.6. The standard InChI is InChI=1S/C22H21FN2O5/c1-13-8-9-16(10-19(13)23)24-21(26)12-29-22(27)17-6-4-5-7-20(17)28-11-18-14(2)25-30-15(18)3/h4-10H,11-12H2,1-3H3,(H,24,26). The first-order chi connectivity index (χ1) is 14.3. The van der Waals surface area contributed by atoms with Crippen LogP contribution in [0.4, 0.5) is 10.1 Å². The molecule has 2 aromatic carbocycles. The molecule has 7 nitrogen and oxygen atoms in total. The first-order valence-corrected chi connectivity index (χ1v) is 9.22. The van der Waals surface area contributed by atoms with E-state index in [2.05, 4.69) is 10.5 Å². The van der Waals surface area contributed by atoms with E-state index in [1.807, 2.05) is 0 Å². The Morgan fingerprint density at radius 1 is 1.13 bits per heavy atom. The molecular formula is C22H21FN2O5. The van der Waals surface area contributed by atoms with Gasteiger partial charge in [0.1, 0.15) is 29.5 Å². The lowest BCUT2D eigenvalue weighted by Gasteiger charge is -2.11. The van der Waals surface area contributed by atoms with Gasteiger partial charge in [-0.2, -0.15) is 0 Å². The number of aromatic nitrogens is 1. The van der Waals surface area contributed by atoms with Crippen LogP contribution in [0.2, 0.25) is 0 Å². The minimum atomic E-state index is -0.713. The molecule has 1 amide bonds. The number of carbonyl (C=O) groups is 2. The second-order valence-electron chi connectivity index (χ2n) is 6.68. The van der Waals surface area contributed by atoms with E-state index in [1.165, 1.54) is 12.1 Å². The summed E-state index contributed by atoms with van der Waals surface area (Å²) in [7, 11) is 0. The maximum Gasteiger partial charge on any atom is 0.342 e. The number of ether oxygens (including phenoxy) is 2. The lowest BCUT2D eigenvalue weighted by Crippen LogP contribution is -2.21. The number of amides is 1. The lowest BCUT2D eigenvalue weighted by molar-refractivity contribution is -0.119. The molecule has 0 spiro atoms. The molecule has 0 saturated heterocycles. The van der Waals surface area contributed by atoms with Gasteiger partial charge < -0.3 is 19.3 Å². The van der Waals surface area contributed by atoms with Crippen LogP contribution < -0.4 is 10.1 Å². The summed E-state index contributed by atoms with van der Waals surface area (Å²) in [6, 6.07) is 10.9. The van der Waals surface area contributed by atoms with Crippen LogP contribution in [0.3, 0.4) is 0 Å². The predicted octanol–water partition coefficient (Wildman–Crippen LogP) is 4.11. The highest BCUT2D eigenvalue weighted by Gasteiger charge is 2.17. The summed E-state index contributed by atoms with van der Waals surface area (Å²) in [5, 5.41) is 6.35. The highest BCUT2D eigenvalue weighted by atomic mass is 19.1. The second kappa shape index (κ2) is 9.21. The van der Waals surface area contributed by atoms with E-state index in [0.717, 1.165) is 5.56 Å². The zero-order chi connectivity index (χ0) is 21.7. The van der Waals surface area contributed by atoms with Gasteiger partial charge in [0.2, 0.25) is 0 Å². The van der Waals surface area contributed by atoms with E-state index < -0.39 is 24.3 Å². The highest BCUT2D eigenvalue weighted by molar-refractivity contribution is 5.96. The van der Waals surface area contributed by atoms with Crippen LogP contribution in [-0.4, -0.2) is 23.6 Å². The Labute approximate surface area is 172 Å². The van der Waals surface area contributed by atoms with Gasteiger partial charge in [0.05, 0.1) is 11.3 Å². The van der Waals surface area contributed by atoms with E-state index >= 15 is 0 Å². The number of carbonyl (C=O) groups excluding carboxylic acids is 2. The van der Waals surface area contributed by atoms with Crippen molar-refractivity contribution in [1.29, 1.82) is 0 Å². The van der Waals surface area contributed by atoms with Crippen LogP contribution in [0, 0.1) is 26.6 Å². The van der Waals surface area contributed by atoms with Gasteiger partial charge in [0.15, 0.2) is 6.61 Å². The monoisotopic (exact) mass is 412 g/mol. The molecule has 1 heterocycles. The van der Waals surface area contributed by atoms with Gasteiger partial charge >= 0.3 is 5.97 Å². The number of rotatable bonds is 7. The lowest BCUT2D eigenvalue weighted by atomic mass is 10.2. The van der Waals surface area contributed by atoms with Gasteiger partial charge in [-0.25, -0.2) is 9.18 Å². The minimum Gasteiger partial charge on any atom is -0.488 e. The number of halogens is 1. The van der Waals surface area contributed by atoms with Crippen molar-refractivity contribution in [2.24, 2.45) is 0 Å². The minimum absolute atomic E-state index is 0.172. The summed E-state index contributed by atoms with van der Waals surface area (Å²) < 4.78 is 29.5. The molecule has 0 radical (unpaired) electrons. The fourth-order valence-corrected chi connectivity index (χ4v) is 2.70. The van der Waals surface area contributed by atoms with E-state index in [9.17, 15) is 14.0 Å².